The minimum atomic E-state index is -3.94. The molecule has 0 saturated heterocycles. The predicted molar refractivity (Wildman–Crippen MR) is 65.1 cm³/mol. The molecule has 0 unspecified atom stereocenters. The van der Waals surface area contributed by atoms with Gasteiger partial charge in [-0.3, -0.25) is 0 Å². The third kappa shape index (κ3) is 3.24. The number of aromatic nitrogens is 1. The molecule has 1 aromatic heterocycles. The fourth-order valence-corrected chi connectivity index (χ4v) is 3.11. The van der Waals surface area contributed by atoms with Crippen LogP contribution in [0.1, 0.15) is 13.8 Å². The van der Waals surface area contributed by atoms with Gasteiger partial charge in [0.1, 0.15) is 0 Å². The van der Waals surface area contributed by atoms with Crippen LogP contribution < -0.4 is 0 Å². The average Bonchev–Trinajstić information content (AvgIpc) is 2.29. The number of hydrogen-bond acceptors (Lipinski definition) is 4. The van der Waals surface area contributed by atoms with Crippen molar-refractivity contribution in [3.05, 3.63) is 24.1 Å². The van der Waals surface area contributed by atoms with E-state index in [2.05, 4.69) is 4.98 Å². The first-order valence-electron chi connectivity index (χ1n) is 5.52. The lowest BCUT2D eigenvalue weighted by Crippen LogP contribution is -2.39. The molecule has 1 aromatic rings. The van der Waals surface area contributed by atoms with Crippen LogP contribution in [0.4, 0.5) is 4.39 Å². The van der Waals surface area contributed by atoms with Gasteiger partial charge in [-0.15, -0.1) is 0 Å². The van der Waals surface area contributed by atoms with Crippen molar-refractivity contribution in [1.29, 1.82) is 0 Å². The molecule has 0 aliphatic heterocycles. The van der Waals surface area contributed by atoms with Crippen molar-refractivity contribution in [1.82, 2.24) is 9.29 Å². The Morgan fingerprint density at radius 1 is 1.50 bits per heavy atom. The van der Waals surface area contributed by atoms with Crippen molar-refractivity contribution in [2.75, 3.05) is 20.3 Å². The summed E-state index contributed by atoms with van der Waals surface area (Å²) in [5.41, 5.74) is 0. The molecular weight excluding hydrogens is 259 g/mol. The Morgan fingerprint density at radius 3 is 2.67 bits per heavy atom. The number of ether oxygens (including phenoxy) is 1. The quantitative estimate of drug-likeness (QED) is 0.785. The Bertz CT molecular complexity index is 491. The normalized spacial score (nSPS) is 12.3. The molecule has 0 saturated carbocycles. The number of halogens is 1. The van der Waals surface area contributed by atoms with Gasteiger partial charge < -0.3 is 4.74 Å². The van der Waals surface area contributed by atoms with Crippen molar-refractivity contribution in [2.24, 2.45) is 0 Å². The molecular formula is C11H17FN2O3S. The maximum Gasteiger partial charge on any atom is 0.263 e. The number of hydrogen-bond donors (Lipinski definition) is 0. The molecule has 0 aromatic carbocycles. The van der Waals surface area contributed by atoms with Gasteiger partial charge in [0, 0.05) is 25.9 Å². The number of pyridine rings is 1. The van der Waals surface area contributed by atoms with Gasteiger partial charge in [-0.2, -0.15) is 4.31 Å². The Balaban J connectivity index is 3.14. The third-order valence-electron chi connectivity index (χ3n) is 2.37. The molecule has 0 atom stereocenters. The van der Waals surface area contributed by atoms with E-state index in [0.29, 0.717) is 0 Å². The highest BCUT2D eigenvalue weighted by molar-refractivity contribution is 7.89. The fourth-order valence-electron chi connectivity index (χ4n) is 1.51. The molecule has 1 rings (SSSR count). The Morgan fingerprint density at radius 2 is 2.17 bits per heavy atom. The largest absolute Gasteiger partial charge is 0.383 e. The lowest BCUT2D eigenvalue weighted by molar-refractivity contribution is 0.170. The summed E-state index contributed by atoms with van der Waals surface area (Å²) in [5.74, 6) is -0.847. The third-order valence-corrected chi connectivity index (χ3v) is 4.38. The van der Waals surface area contributed by atoms with E-state index in [0.717, 1.165) is 6.07 Å². The first-order chi connectivity index (χ1) is 8.41. The van der Waals surface area contributed by atoms with E-state index in [1.807, 2.05) is 0 Å². The van der Waals surface area contributed by atoms with Crippen LogP contribution in [0.25, 0.3) is 0 Å². The summed E-state index contributed by atoms with van der Waals surface area (Å²) in [7, 11) is -2.46. The van der Waals surface area contributed by atoms with Crippen LogP contribution in [0.3, 0.4) is 0 Å². The van der Waals surface area contributed by atoms with Crippen molar-refractivity contribution in [3.8, 4) is 0 Å². The van der Waals surface area contributed by atoms with Crippen LogP contribution in [0.5, 0.6) is 0 Å². The molecule has 1 heterocycles. The molecule has 0 bridgehead atoms. The molecule has 0 spiro atoms. The first-order valence-corrected chi connectivity index (χ1v) is 6.96. The van der Waals surface area contributed by atoms with Gasteiger partial charge in [-0.25, -0.2) is 17.8 Å². The van der Waals surface area contributed by atoms with Gasteiger partial charge in [0.2, 0.25) is 5.03 Å². The highest BCUT2D eigenvalue weighted by Crippen LogP contribution is 2.18. The SMILES string of the molecule is COCCN(C(C)C)S(=O)(=O)c1ncccc1F. The second kappa shape index (κ2) is 6.21. The van der Waals surface area contributed by atoms with Crippen molar-refractivity contribution in [2.45, 2.75) is 24.9 Å². The highest BCUT2D eigenvalue weighted by Gasteiger charge is 2.30. The van der Waals surface area contributed by atoms with E-state index >= 15 is 0 Å². The minimum absolute atomic E-state index is 0.159. The number of sulfonamides is 1. The van der Waals surface area contributed by atoms with E-state index < -0.39 is 20.9 Å². The van der Waals surface area contributed by atoms with Crippen LogP contribution in [-0.2, 0) is 14.8 Å². The molecule has 5 nitrogen and oxygen atoms in total. The maximum absolute atomic E-state index is 13.5. The zero-order chi connectivity index (χ0) is 13.8. The molecule has 7 heteroatoms. The lowest BCUT2D eigenvalue weighted by atomic mass is 10.4. The zero-order valence-electron chi connectivity index (χ0n) is 10.6. The van der Waals surface area contributed by atoms with Gasteiger partial charge in [0.15, 0.2) is 5.82 Å². The van der Waals surface area contributed by atoms with Crippen LogP contribution >= 0.6 is 0 Å². The second-order valence-electron chi connectivity index (χ2n) is 3.99. The smallest absolute Gasteiger partial charge is 0.263 e. The van der Waals surface area contributed by atoms with Crippen molar-refractivity contribution in [3.63, 3.8) is 0 Å². The second-order valence-corrected chi connectivity index (χ2v) is 5.80. The van der Waals surface area contributed by atoms with Gasteiger partial charge >= 0.3 is 0 Å². The number of methoxy groups -OCH3 is 1. The summed E-state index contributed by atoms with van der Waals surface area (Å²) in [6, 6.07) is 2.13. The summed E-state index contributed by atoms with van der Waals surface area (Å²) in [6.07, 6.45) is 1.25. The Hall–Kier alpha value is -1.05. The van der Waals surface area contributed by atoms with Crippen LogP contribution in [-0.4, -0.2) is 44.0 Å². The summed E-state index contributed by atoms with van der Waals surface area (Å²) in [6.45, 7) is 3.83. The van der Waals surface area contributed by atoms with Crippen molar-refractivity contribution >= 4 is 10.0 Å². The monoisotopic (exact) mass is 276 g/mol. The predicted octanol–water partition coefficient (Wildman–Crippen LogP) is 1.27. The van der Waals surface area contributed by atoms with E-state index in [1.165, 1.54) is 23.7 Å². The number of rotatable bonds is 6. The topological polar surface area (TPSA) is 59.5 Å². The molecule has 0 radical (unpaired) electrons. The minimum Gasteiger partial charge on any atom is -0.383 e. The molecule has 0 N–H and O–H groups in total. The number of nitrogens with zero attached hydrogens (tertiary/aromatic N) is 2. The standard InChI is InChI=1S/C11H17FN2O3S/c1-9(2)14(7-8-17-3)18(15,16)11-10(12)5-4-6-13-11/h4-6,9H,7-8H2,1-3H3. The lowest BCUT2D eigenvalue weighted by Gasteiger charge is -2.25. The van der Waals surface area contributed by atoms with Crippen LogP contribution in [0, 0.1) is 5.82 Å². The Kier molecular flexibility index (Phi) is 5.18. The Labute approximate surface area is 107 Å². The molecule has 102 valence electrons. The summed E-state index contributed by atoms with van der Waals surface area (Å²) in [4.78, 5) is 3.62. The average molecular weight is 276 g/mol. The van der Waals surface area contributed by atoms with Gasteiger partial charge in [-0.05, 0) is 26.0 Å². The van der Waals surface area contributed by atoms with Gasteiger partial charge in [0.05, 0.1) is 6.61 Å². The van der Waals surface area contributed by atoms with Crippen molar-refractivity contribution < 1.29 is 17.5 Å². The summed E-state index contributed by atoms with van der Waals surface area (Å²) >= 11 is 0. The van der Waals surface area contributed by atoms with Gasteiger partial charge in [0.25, 0.3) is 10.0 Å². The van der Waals surface area contributed by atoms with Crippen LogP contribution in [0.2, 0.25) is 0 Å². The first kappa shape index (κ1) is 15.0. The maximum atomic E-state index is 13.5. The van der Waals surface area contributed by atoms with Gasteiger partial charge in [-0.1, -0.05) is 0 Å². The van der Waals surface area contributed by atoms with E-state index in [9.17, 15) is 12.8 Å². The summed E-state index contributed by atoms with van der Waals surface area (Å²) < 4.78 is 44.1. The summed E-state index contributed by atoms with van der Waals surface area (Å²) in [5, 5.41) is -0.546. The highest BCUT2D eigenvalue weighted by atomic mass is 32.2. The molecule has 18 heavy (non-hydrogen) atoms. The van der Waals surface area contributed by atoms with E-state index in [4.69, 9.17) is 4.74 Å². The molecule has 0 amide bonds. The van der Waals surface area contributed by atoms with Crippen LogP contribution in [0.15, 0.2) is 23.4 Å². The zero-order valence-corrected chi connectivity index (χ0v) is 11.4. The van der Waals surface area contributed by atoms with E-state index in [1.54, 1.807) is 13.8 Å². The van der Waals surface area contributed by atoms with E-state index in [-0.39, 0.29) is 19.2 Å². The molecule has 0 aliphatic carbocycles. The fraction of sp³-hybridized carbons (Fsp3) is 0.545. The molecule has 0 fully saturated rings. The molecule has 0 aliphatic rings.